The average molecular weight is 264 g/mol. The zero-order valence-electron chi connectivity index (χ0n) is 9.00. The molecule has 90 valence electrons. The van der Waals surface area contributed by atoms with Crippen molar-refractivity contribution in [3.63, 3.8) is 0 Å². The molecule has 0 aliphatic rings. The molecule has 5 heteroatoms. The van der Waals surface area contributed by atoms with Crippen LogP contribution >= 0.6 is 23.2 Å². The van der Waals surface area contributed by atoms with Gasteiger partial charge in [-0.25, -0.2) is 0 Å². The first-order chi connectivity index (χ1) is 7.52. The van der Waals surface area contributed by atoms with Gasteiger partial charge in [0.05, 0.1) is 18.8 Å². The summed E-state index contributed by atoms with van der Waals surface area (Å²) < 4.78 is 0. The first kappa shape index (κ1) is 13.7. The van der Waals surface area contributed by atoms with Crippen molar-refractivity contribution < 1.29 is 10.2 Å². The van der Waals surface area contributed by atoms with Crippen LogP contribution in [0.5, 0.6) is 0 Å². The Bertz CT molecular complexity index is 334. The van der Waals surface area contributed by atoms with E-state index < -0.39 is 5.54 Å². The normalized spacial score (nSPS) is 11.8. The minimum absolute atomic E-state index is 0.161. The molecule has 0 aromatic heterocycles. The molecule has 0 aliphatic heterocycles. The smallest absolute Gasteiger partial charge is 0.0633 e. The van der Waals surface area contributed by atoms with Crippen LogP contribution in [0.4, 0.5) is 0 Å². The second-order valence-electron chi connectivity index (χ2n) is 3.93. The number of benzene rings is 1. The first-order valence-electron chi connectivity index (χ1n) is 4.92. The monoisotopic (exact) mass is 263 g/mol. The van der Waals surface area contributed by atoms with Crippen molar-refractivity contribution >= 4 is 23.2 Å². The molecule has 0 bridgehead atoms. The van der Waals surface area contributed by atoms with E-state index in [4.69, 9.17) is 33.4 Å². The maximum Gasteiger partial charge on any atom is 0.0633 e. The molecule has 1 aromatic carbocycles. The highest BCUT2D eigenvalue weighted by Crippen LogP contribution is 2.24. The van der Waals surface area contributed by atoms with Gasteiger partial charge in [-0.2, -0.15) is 0 Å². The Morgan fingerprint density at radius 2 is 1.69 bits per heavy atom. The third-order valence-corrected chi connectivity index (χ3v) is 3.16. The van der Waals surface area contributed by atoms with Crippen LogP contribution in [0.2, 0.25) is 10.0 Å². The van der Waals surface area contributed by atoms with Crippen LogP contribution < -0.4 is 5.32 Å². The van der Waals surface area contributed by atoms with Crippen molar-refractivity contribution in [2.75, 3.05) is 13.2 Å². The summed E-state index contributed by atoms with van der Waals surface area (Å²) in [5.74, 6) is 0. The maximum atomic E-state index is 9.11. The summed E-state index contributed by atoms with van der Waals surface area (Å²) in [6.07, 6.45) is 0. The second-order valence-corrected chi connectivity index (χ2v) is 4.75. The fraction of sp³-hybridized carbons (Fsp3) is 0.455. The van der Waals surface area contributed by atoms with Gasteiger partial charge in [-0.15, -0.1) is 0 Å². The van der Waals surface area contributed by atoms with Gasteiger partial charge in [-0.1, -0.05) is 29.3 Å². The van der Waals surface area contributed by atoms with Gasteiger partial charge in [-0.05, 0) is 19.1 Å². The summed E-state index contributed by atoms with van der Waals surface area (Å²) in [5.41, 5.74) is 0.0293. The fourth-order valence-corrected chi connectivity index (χ4v) is 1.70. The number of nitrogens with one attached hydrogen (secondary N) is 1. The average Bonchev–Trinajstić information content (AvgIpc) is 2.28. The number of hydrogen-bond acceptors (Lipinski definition) is 3. The number of aliphatic hydroxyl groups excluding tert-OH is 2. The van der Waals surface area contributed by atoms with E-state index in [0.717, 1.165) is 5.56 Å². The van der Waals surface area contributed by atoms with Crippen molar-refractivity contribution in [1.29, 1.82) is 0 Å². The molecule has 0 atom stereocenters. The largest absolute Gasteiger partial charge is 0.394 e. The molecule has 0 aliphatic carbocycles. The molecule has 0 spiro atoms. The van der Waals surface area contributed by atoms with Crippen LogP contribution in [0.1, 0.15) is 12.5 Å². The molecule has 0 amide bonds. The molecule has 16 heavy (non-hydrogen) atoms. The molecular formula is C11H15Cl2NO2. The van der Waals surface area contributed by atoms with Gasteiger partial charge in [-0.3, -0.25) is 0 Å². The Morgan fingerprint density at radius 1 is 1.19 bits per heavy atom. The van der Waals surface area contributed by atoms with Crippen LogP contribution in [-0.4, -0.2) is 29.0 Å². The van der Waals surface area contributed by atoms with Gasteiger partial charge < -0.3 is 15.5 Å². The van der Waals surface area contributed by atoms with Gasteiger partial charge in [0.1, 0.15) is 0 Å². The summed E-state index contributed by atoms with van der Waals surface area (Å²) in [4.78, 5) is 0. The topological polar surface area (TPSA) is 52.5 Å². The van der Waals surface area contributed by atoms with E-state index in [1.165, 1.54) is 0 Å². The lowest BCUT2D eigenvalue weighted by Crippen LogP contribution is -2.48. The van der Waals surface area contributed by atoms with Gasteiger partial charge in [0.15, 0.2) is 0 Å². The molecular weight excluding hydrogens is 249 g/mol. The highest BCUT2D eigenvalue weighted by Gasteiger charge is 2.21. The van der Waals surface area contributed by atoms with Crippen molar-refractivity contribution in [2.45, 2.75) is 19.0 Å². The Labute approximate surface area is 105 Å². The Hall–Kier alpha value is -0.320. The second kappa shape index (κ2) is 5.84. The molecule has 0 saturated heterocycles. The highest BCUT2D eigenvalue weighted by atomic mass is 35.5. The predicted molar refractivity (Wildman–Crippen MR) is 65.9 cm³/mol. The molecule has 1 rings (SSSR count). The van der Waals surface area contributed by atoms with E-state index in [-0.39, 0.29) is 13.2 Å². The molecule has 0 heterocycles. The van der Waals surface area contributed by atoms with Gasteiger partial charge in [0, 0.05) is 22.2 Å². The molecule has 0 fully saturated rings. The molecule has 0 saturated carbocycles. The van der Waals surface area contributed by atoms with Crippen molar-refractivity contribution in [3.8, 4) is 0 Å². The molecule has 3 N–H and O–H groups in total. The van der Waals surface area contributed by atoms with Crippen LogP contribution in [0, 0.1) is 0 Å². The van der Waals surface area contributed by atoms with E-state index >= 15 is 0 Å². The Balaban J connectivity index is 2.75. The SMILES string of the molecule is CC(CO)(CO)NCc1c(Cl)cccc1Cl. The van der Waals surface area contributed by atoms with E-state index in [1.54, 1.807) is 25.1 Å². The van der Waals surface area contributed by atoms with Crippen LogP contribution in [0.25, 0.3) is 0 Å². The minimum atomic E-state index is -0.734. The lowest BCUT2D eigenvalue weighted by molar-refractivity contribution is 0.103. The van der Waals surface area contributed by atoms with Crippen molar-refractivity contribution in [2.24, 2.45) is 0 Å². The van der Waals surface area contributed by atoms with Gasteiger partial charge in [0.2, 0.25) is 0 Å². The lowest BCUT2D eigenvalue weighted by atomic mass is 10.0. The number of halogens is 2. The number of hydrogen-bond donors (Lipinski definition) is 3. The molecule has 1 aromatic rings. The summed E-state index contributed by atoms with van der Waals surface area (Å²) in [7, 11) is 0. The molecule has 0 unspecified atom stereocenters. The lowest BCUT2D eigenvalue weighted by Gasteiger charge is -2.26. The highest BCUT2D eigenvalue weighted by molar-refractivity contribution is 6.35. The van der Waals surface area contributed by atoms with Crippen LogP contribution in [0.15, 0.2) is 18.2 Å². The van der Waals surface area contributed by atoms with E-state index in [1.807, 2.05) is 0 Å². The third-order valence-electron chi connectivity index (χ3n) is 2.45. The summed E-state index contributed by atoms with van der Waals surface area (Å²) in [6.45, 7) is 1.80. The van der Waals surface area contributed by atoms with Crippen LogP contribution in [0.3, 0.4) is 0 Å². The zero-order valence-corrected chi connectivity index (χ0v) is 10.5. The van der Waals surface area contributed by atoms with E-state index in [2.05, 4.69) is 5.32 Å². The Morgan fingerprint density at radius 3 is 2.12 bits per heavy atom. The van der Waals surface area contributed by atoms with Crippen molar-refractivity contribution in [1.82, 2.24) is 5.32 Å². The summed E-state index contributed by atoms with van der Waals surface area (Å²) in [6, 6.07) is 5.27. The summed E-state index contributed by atoms with van der Waals surface area (Å²) in [5, 5.41) is 22.4. The quantitative estimate of drug-likeness (QED) is 0.760. The van der Waals surface area contributed by atoms with E-state index in [0.29, 0.717) is 16.6 Å². The zero-order chi connectivity index (χ0) is 12.2. The van der Waals surface area contributed by atoms with Gasteiger partial charge in [0.25, 0.3) is 0 Å². The fourth-order valence-electron chi connectivity index (χ4n) is 1.16. The van der Waals surface area contributed by atoms with E-state index in [9.17, 15) is 0 Å². The Kier molecular flexibility index (Phi) is 5.02. The summed E-state index contributed by atoms with van der Waals surface area (Å²) >= 11 is 12.0. The molecule has 3 nitrogen and oxygen atoms in total. The van der Waals surface area contributed by atoms with Crippen LogP contribution in [-0.2, 0) is 6.54 Å². The number of rotatable bonds is 5. The maximum absolute atomic E-state index is 9.11. The standard InChI is InChI=1S/C11H15Cl2NO2/c1-11(6-15,7-16)14-5-8-9(12)3-2-4-10(8)13/h2-4,14-16H,5-7H2,1H3. The molecule has 0 radical (unpaired) electrons. The predicted octanol–water partition coefficient (Wildman–Crippen LogP) is 1.83. The minimum Gasteiger partial charge on any atom is -0.394 e. The first-order valence-corrected chi connectivity index (χ1v) is 5.67. The van der Waals surface area contributed by atoms with Crippen molar-refractivity contribution in [3.05, 3.63) is 33.8 Å². The number of aliphatic hydroxyl groups is 2. The third kappa shape index (κ3) is 3.34. The van der Waals surface area contributed by atoms with Gasteiger partial charge >= 0.3 is 0 Å².